The molecule has 2 fully saturated rings. The molecule has 0 radical (unpaired) electrons. The van der Waals surface area contributed by atoms with E-state index in [1.54, 1.807) is 0 Å². The molecule has 2 amide bonds. The number of anilines is 1. The van der Waals surface area contributed by atoms with Crippen LogP contribution in [0.15, 0.2) is 24.3 Å². The van der Waals surface area contributed by atoms with Crippen LogP contribution in [0.5, 0.6) is 0 Å². The number of aryl methyl sites for hydroxylation is 1. The quantitative estimate of drug-likeness (QED) is 0.790. The van der Waals surface area contributed by atoms with Gasteiger partial charge in [-0.15, -0.1) is 0 Å². The summed E-state index contributed by atoms with van der Waals surface area (Å²) in [6.07, 6.45) is 7.72. The number of carbonyl (C=O) groups excluding carboxylic acids is 1. The van der Waals surface area contributed by atoms with Gasteiger partial charge in [0.25, 0.3) is 0 Å². The van der Waals surface area contributed by atoms with Gasteiger partial charge in [0.2, 0.25) is 0 Å². The lowest BCUT2D eigenvalue weighted by Gasteiger charge is -2.36. The molecule has 2 aliphatic rings. The highest BCUT2D eigenvalue weighted by Gasteiger charge is 2.21. The summed E-state index contributed by atoms with van der Waals surface area (Å²) in [4.78, 5) is 16.6. The van der Waals surface area contributed by atoms with Crippen molar-refractivity contribution in [1.29, 1.82) is 0 Å². The van der Waals surface area contributed by atoms with Crippen LogP contribution in [0, 0.1) is 6.92 Å². The maximum atomic E-state index is 12.3. The molecule has 26 heavy (non-hydrogen) atoms. The molecule has 1 aliphatic heterocycles. The number of amides is 2. The van der Waals surface area contributed by atoms with Crippen molar-refractivity contribution in [3.63, 3.8) is 0 Å². The lowest BCUT2D eigenvalue weighted by atomic mass is 9.98. The van der Waals surface area contributed by atoms with E-state index in [2.05, 4.69) is 41.4 Å². The number of rotatable bonds is 6. The van der Waals surface area contributed by atoms with Gasteiger partial charge in [-0.3, -0.25) is 0 Å². The molecule has 5 heteroatoms. The Labute approximate surface area is 157 Å². The molecule has 0 unspecified atom stereocenters. The fraction of sp³-hybridized carbons (Fsp3) is 0.667. The van der Waals surface area contributed by atoms with Crippen molar-refractivity contribution in [3.8, 4) is 0 Å². The van der Waals surface area contributed by atoms with Gasteiger partial charge in [-0.1, -0.05) is 31.4 Å². The molecule has 1 heterocycles. The zero-order valence-corrected chi connectivity index (χ0v) is 16.1. The van der Waals surface area contributed by atoms with Crippen LogP contribution in [0.25, 0.3) is 0 Å². The summed E-state index contributed by atoms with van der Waals surface area (Å²) in [7, 11) is 0. The molecule has 1 aromatic rings. The molecule has 1 saturated heterocycles. The van der Waals surface area contributed by atoms with Crippen molar-refractivity contribution >= 4 is 11.7 Å². The maximum Gasteiger partial charge on any atom is 0.317 e. The largest absolute Gasteiger partial charge is 0.378 e. The SMILES string of the molecule is Cc1cccc(N2CCN(C(=O)NCCCOC3CCCCC3)CC2)c1. The first-order valence-electron chi connectivity index (χ1n) is 10.2. The second kappa shape index (κ2) is 9.81. The van der Waals surface area contributed by atoms with Crippen LogP contribution in [0.2, 0.25) is 0 Å². The number of nitrogens with one attached hydrogen (secondary N) is 1. The summed E-state index contributed by atoms with van der Waals surface area (Å²) in [5.74, 6) is 0. The van der Waals surface area contributed by atoms with Crippen LogP contribution in [0.4, 0.5) is 10.5 Å². The van der Waals surface area contributed by atoms with E-state index < -0.39 is 0 Å². The Morgan fingerprint density at radius 1 is 1.15 bits per heavy atom. The highest BCUT2D eigenvalue weighted by atomic mass is 16.5. The van der Waals surface area contributed by atoms with Crippen molar-refractivity contribution in [2.24, 2.45) is 0 Å². The Morgan fingerprint density at radius 3 is 2.65 bits per heavy atom. The predicted molar refractivity (Wildman–Crippen MR) is 106 cm³/mol. The van der Waals surface area contributed by atoms with Gasteiger partial charge in [0.15, 0.2) is 0 Å². The molecule has 144 valence electrons. The van der Waals surface area contributed by atoms with E-state index >= 15 is 0 Å². The molecule has 0 aromatic heterocycles. The number of hydrogen-bond acceptors (Lipinski definition) is 3. The molecule has 0 bridgehead atoms. The smallest absolute Gasteiger partial charge is 0.317 e. The van der Waals surface area contributed by atoms with E-state index in [9.17, 15) is 4.79 Å². The number of carbonyl (C=O) groups is 1. The molecule has 5 nitrogen and oxygen atoms in total. The number of nitrogens with zero attached hydrogens (tertiary/aromatic N) is 2. The molecule has 3 rings (SSSR count). The summed E-state index contributed by atoms with van der Waals surface area (Å²) >= 11 is 0. The monoisotopic (exact) mass is 359 g/mol. The van der Waals surface area contributed by atoms with Crippen LogP contribution in [0.3, 0.4) is 0 Å². The predicted octanol–water partition coefficient (Wildman–Crippen LogP) is 3.57. The molecule has 0 atom stereocenters. The van der Waals surface area contributed by atoms with Gasteiger partial charge in [-0.2, -0.15) is 0 Å². The Bertz CT molecular complexity index is 564. The lowest BCUT2D eigenvalue weighted by molar-refractivity contribution is 0.0274. The molecule has 1 N–H and O–H groups in total. The Morgan fingerprint density at radius 2 is 1.92 bits per heavy atom. The van der Waals surface area contributed by atoms with Crippen LogP contribution in [0.1, 0.15) is 44.1 Å². The van der Waals surface area contributed by atoms with Crippen molar-refractivity contribution < 1.29 is 9.53 Å². The fourth-order valence-electron chi connectivity index (χ4n) is 3.85. The van der Waals surface area contributed by atoms with Crippen molar-refractivity contribution in [3.05, 3.63) is 29.8 Å². The van der Waals surface area contributed by atoms with Gasteiger partial charge in [0.1, 0.15) is 0 Å². The van der Waals surface area contributed by atoms with Crippen molar-refractivity contribution in [2.45, 2.75) is 51.6 Å². The Kier molecular flexibility index (Phi) is 7.18. The minimum absolute atomic E-state index is 0.0616. The van der Waals surface area contributed by atoms with E-state index in [1.165, 1.54) is 43.4 Å². The zero-order chi connectivity index (χ0) is 18.2. The third kappa shape index (κ3) is 5.63. The van der Waals surface area contributed by atoms with Gasteiger partial charge < -0.3 is 19.9 Å². The van der Waals surface area contributed by atoms with Crippen LogP contribution >= 0.6 is 0 Å². The zero-order valence-electron chi connectivity index (χ0n) is 16.1. The van der Waals surface area contributed by atoms with E-state index in [-0.39, 0.29) is 6.03 Å². The topological polar surface area (TPSA) is 44.8 Å². The average molecular weight is 360 g/mol. The number of piperazine rings is 1. The van der Waals surface area contributed by atoms with E-state index in [0.29, 0.717) is 12.6 Å². The van der Waals surface area contributed by atoms with Crippen LogP contribution in [-0.4, -0.2) is 56.4 Å². The molecule has 1 aliphatic carbocycles. The third-order valence-corrected chi connectivity index (χ3v) is 5.44. The van der Waals surface area contributed by atoms with Crippen LogP contribution in [-0.2, 0) is 4.74 Å². The van der Waals surface area contributed by atoms with Gasteiger partial charge in [-0.05, 0) is 43.9 Å². The summed E-state index contributed by atoms with van der Waals surface area (Å²) < 4.78 is 5.91. The minimum Gasteiger partial charge on any atom is -0.378 e. The second-order valence-corrected chi connectivity index (χ2v) is 7.53. The summed E-state index contributed by atoms with van der Waals surface area (Å²) in [6, 6.07) is 8.63. The van der Waals surface area contributed by atoms with Gasteiger partial charge in [-0.25, -0.2) is 4.79 Å². The highest BCUT2D eigenvalue weighted by Crippen LogP contribution is 2.20. The minimum atomic E-state index is 0.0616. The fourth-order valence-corrected chi connectivity index (χ4v) is 3.85. The normalized spacial score (nSPS) is 18.8. The summed E-state index contributed by atoms with van der Waals surface area (Å²) in [6.45, 7) is 6.90. The van der Waals surface area contributed by atoms with Crippen molar-refractivity contribution in [2.75, 3.05) is 44.2 Å². The molecule has 1 saturated carbocycles. The first kappa shape index (κ1) is 19.0. The molecular weight excluding hydrogens is 326 g/mol. The number of ether oxygens (including phenoxy) is 1. The number of urea groups is 1. The van der Waals surface area contributed by atoms with Gasteiger partial charge in [0, 0.05) is 45.0 Å². The molecular formula is C21H33N3O2. The third-order valence-electron chi connectivity index (χ3n) is 5.44. The molecule has 0 spiro atoms. The van der Waals surface area contributed by atoms with E-state index in [4.69, 9.17) is 4.74 Å². The number of hydrogen-bond donors (Lipinski definition) is 1. The number of benzene rings is 1. The van der Waals surface area contributed by atoms with Gasteiger partial charge in [0.05, 0.1) is 6.10 Å². The summed E-state index contributed by atoms with van der Waals surface area (Å²) in [5.41, 5.74) is 2.53. The first-order valence-corrected chi connectivity index (χ1v) is 10.2. The highest BCUT2D eigenvalue weighted by molar-refractivity contribution is 5.74. The average Bonchev–Trinajstić information content (AvgIpc) is 2.68. The van der Waals surface area contributed by atoms with Crippen LogP contribution < -0.4 is 10.2 Å². The maximum absolute atomic E-state index is 12.3. The molecule has 1 aromatic carbocycles. The van der Waals surface area contributed by atoms with E-state index in [0.717, 1.165) is 39.2 Å². The standard InChI is InChI=1S/C21H33N3O2/c1-18-7-5-8-19(17-18)23-12-14-24(15-13-23)21(25)22-11-6-16-26-20-9-3-2-4-10-20/h5,7-8,17,20H,2-4,6,9-16H2,1H3,(H,22,25). The first-order chi connectivity index (χ1) is 12.7. The van der Waals surface area contributed by atoms with Crippen molar-refractivity contribution in [1.82, 2.24) is 10.2 Å². The second-order valence-electron chi connectivity index (χ2n) is 7.53. The van der Waals surface area contributed by atoms with E-state index in [1.807, 2.05) is 4.90 Å². The Balaban J connectivity index is 1.30. The Hall–Kier alpha value is -1.75. The summed E-state index contributed by atoms with van der Waals surface area (Å²) in [5, 5.41) is 3.04. The lowest BCUT2D eigenvalue weighted by Crippen LogP contribution is -2.52. The van der Waals surface area contributed by atoms with Gasteiger partial charge >= 0.3 is 6.03 Å².